The topological polar surface area (TPSA) is 34.1 Å². The van der Waals surface area contributed by atoms with Gasteiger partial charge in [0.25, 0.3) is 0 Å². The Morgan fingerprint density at radius 3 is 1.41 bits per heavy atom. The predicted octanol–water partition coefficient (Wildman–Crippen LogP) is 7.54. The van der Waals surface area contributed by atoms with Gasteiger partial charge in [0.2, 0.25) is 0 Å². The minimum absolute atomic E-state index is 0.0522. The van der Waals surface area contributed by atoms with Gasteiger partial charge in [-0.25, -0.2) is 0 Å². The van der Waals surface area contributed by atoms with Gasteiger partial charge < -0.3 is 0 Å². The average Bonchev–Trinajstić information content (AvgIpc) is 2.60. The monoisotopic (exact) mass is 500 g/mol. The van der Waals surface area contributed by atoms with Crippen molar-refractivity contribution in [3.63, 3.8) is 0 Å². The predicted molar refractivity (Wildman–Crippen MR) is 126 cm³/mol. The van der Waals surface area contributed by atoms with Crippen molar-refractivity contribution >= 4 is 42.8 Å². The molecule has 0 saturated heterocycles. The standard InChI is InChI=1S/C24H30Cl2O2Se/c1-15(2)19-9-7-17(5)21(11-19)23(27)13-29(25,26)14-24(28)22-12-20(16(3)4)10-8-18(22)6/h7-12,15-16H,13-14H2,1-6H3. The molecule has 2 nitrogen and oxygen atoms in total. The van der Waals surface area contributed by atoms with Crippen molar-refractivity contribution in [2.45, 2.75) is 64.0 Å². The Bertz CT molecular complexity index is 844. The van der Waals surface area contributed by atoms with Crippen LogP contribution < -0.4 is 0 Å². The quantitative estimate of drug-likeness (QED) is 0.277. The van der Waals surface area contributed by atoms with E-state index in [4.69, 9.17) is 20.2 Å². The van der Waals surface area contributed by atoms with Crippen LogP contribution in [0.1, 0.15) is 82.5 Å². The van der Waals surface area contributed by atoms with Gasteiger partial charge in [0.1, 0.15) is 0 Å². The summed E-state index contributed by atoms with van der Waals surface area (Å²) >= 11 is -3.29. The molecule has 0 amide bonds. The molecule has 2 aromatic rings. The molecular weight excluding hydrogens is 470 g/mol. The molecule has 2 rings (SSSR count). The van der Waals surface area contributed by atoms with Crippen LogP contribution in [0.4, 0.5) is 0 Å². The van der Waals surface area contributed by atoms with E-state index in [-0.39, 0.29) is 22.2 Å². The molecule has 0 aliphatic heterocycles. The summed E-state index contributed by atoms with van der Waals surface area (Å²) in [6.07, 6.45) is 0. The van der Waals surface area contributed by atoms with Crippen LogP contribution in [0, 0.1) is 13.8 Å². The van der Waals surface area contributed by atoms with Crippen LogP contribution in [0.3, 0.4) is 0 Å². The Morgan fingerprint density at radius 2 is 1.10 bits per heavy atom. The Morgan fingerprint density at radius 1 is 0.759 bits per heavy atom. The van der Waals surface area contributed by atoms with Crippen LogP contribution in [-0.4, -0.2) is 22.6 Å². The first-order valence-electron chi connectivity index (χ1n) is 9.86. The number of Topliss-reactive ketones (excluding diaryl/α,β-unsaturated/α-hetero) is 2. The molecule has 0 aromatic heterocycles. The number of benzene rings is 2. The van der Waals surface area contributed by atoms with Gasteiger partial charge in [-0.2, -0.15) is 0 Å². The summed E-state index contributed by atoms with van der Waals surface area (Å²) in [4.78, 5) is 25.9. The fraction of sp³-hybridized carbons (Fsp3) is 0.417. The van der Waals surface area contributed by atoms with Gasteiger partial charge in [0.05, 0.1) is 0 Å². The third kappa shape index (κ3) is 6.43. The van der Waals surface area contributed by atoms with E-state index in [1.54, 1.807) is 0 Å². The average molecular weight is 500 g/mol. The van der Waals surface area contributed by atoms with Crippen LogP contribution >= 0.6 is 20.2 Å². The Balaban J connectivity index is 2.20. The summed E-state index contributed by atoms with van der Waals surface area (Å²) in [5.41, 5.74) is 5.35. The number of halogens is 2. The number of carbonyl (C=O) groups is 2. The van der Waals surface area contributed by atoms with E-state index in [9.17, 15) is 9.59 Å². The summed E-state index contributed by atoms with van der Waals surface area (Å²) < 4.78 is 0. The number of rotatable bonds is 8. The molecule has 0 spiro atoms. The molecule has 0 N–H and O–H groups in total. The molecule has 0 aliphatic carbocycles. The van der Waals surface area contributed by atoms with Crippen molar-refractivity contribution in [2.24, 2.45) is 0 Å². The summed E-state index contributed by atoms with van der Waals surface area (Å²) in [5.74, 6) is 0.511. The van der Waals surface area contributed by atoms with Crippen molar-refractivity contribution in [2.75, 3.05) is 0 Å². The maximum atomic E-state index is 12.9. The van der Waals surface area contributed by atoms with Gasteiger partial charge in [0, 0.05) is 0 Å². The number of hydrogen-bond donors (Lipinski definition) is 0. The molecule has 0 heterocycles. The van der Waals surface area contributed by atoms with E-state index >= 15 is 0 Å². The number of ketones is 2. The number of hydrogen-bond acceptors (Lipinski definition) is 2. The van der Waals surface area contributed by atoms with Crippen molar-refractivity contribution < 1.29 is 9.59 Å². The molecular formula is C24H30Cl2O2Se. The van der Waals surface area contributed by atoms with Crippen LogP contribution in [0.25, 0.3) is 0 Å². The third-order valence-corrected chi connectivity index (χ3v) is 10.3. The molecule has 0 unspecified atom stereocenters. The second-order valence-corrected chi connectivity index (χ2v) is 19.4. The van der Waals surface area contributed by atoms with Crippen molar-refractivity contribution in [3.05, 3.63) is 69.8 Å². The van der Waals surface area contributed by atoms with Crippen molar-refractivity contribution in [1.82, 2.24) is 0 Å². The zero-order valence-electron chi connectivity index (χ0n) is 18.0. The van der Waals surface area contributed by atoms with Crippen LogP contribution in [0.5, 0.6) is 0 Å². The van der Waals surface area contributed by atoms with Gasteiger partial charge in [-0.1, -0.05) is 0 Å². The molecule has 0 fully saturated rings. The van der Waals surface area contributed by atoms with Gasteiger partial charge >= 0.3 is 186 Å². The summed E-state index contributed by atoms with van der Waals surface area (Å²) in [7, 11) is 13.2. The Kier molecular flexibility index (Phi) is 8.15. The fourth-order valence-corrected chi connectivity index (χ4v) is 7.72. The van der Waals surface area contributed by atoms with E-state index in [2.05, 4.69) is 27.7 Å². The van der Waals surface area contributed by atoms with Gasteiger partial charge in [-0.15, -0.1) is 0 Å². The summed E-state index contributed by atoms with van der Waals surface area (Å²) in [6, 6.07) is 11.9. The Labute approximate surface area is 185 Å². The van der Waals surface area contributed by atoms with E-state index in [1.807, 2.05) is 50.2 Å². The first-order chi connectivity index (χ1) is 13.4. The first-order valence-corrected chi connectivity index (χ1v) is 16.8. The molecule has 158 valence electrons. The van der Waals surface area contributed by atoms with Gasteiger partial charge in [0.15, 0.2) is 0 Å². The zero-order valence-corrected chi connectivity index (χ0v) is 21.2. The molecule has 0 aliphatic rings. The molecule has 29 heavy (non-hydrogen) atoms. The second-order valence-electron chi connectivity index (χ2n) is 8.29. The molecule has 0 bridgehead atoms. The van der Waals surface area contributed by atoms with Crippen molar-refractivity contribution in [3.8, 4) is 0 Å². The zero-order chi connectivity index (χ0) is 21.9. The summed E-state index contributed by atoms with van der Waals surface area (Å²) in [6.45, 7) is 12.2. The van der Waals surface area contributed by atoms with E-state index in [1.165, 1.54) is 0 Å². The van der Waals surface area contributed by atoms with E-state index in [0.29, 0.717) is 23.0 Å². The molecule has 0 saturated carbocycles. The maximum absolute atomic E-state index is 12.9. The molecule has 2 aromatic carbocycles. The van der Waals surface area contributed by atoms with E-state index in [0.717, 1.165) is 22.3 Å². The Hall–Kier alpha value is -1.12. The molecule has 0 radical (unpaired) electrons. The fourth-order valence-electron chi connectivity index (χ4n) is 3.19. The third-order valence-electron chi connectivity index (χ3n) is 5.14. The van der Waals surface area contributed by atoms with Crippen molar-refractivity contribution in [1.29, 1.82) is 0 Å². The van der Waals surface area contributed by atoms with Crippen LogP contribution in [0.15, 0.2) is 36.4 Å². The number of aryl methyl sites for hydroxylation is 2. The van der Waals surface area contributed by atoms with Gasteiger partial charge in [-0.05, 0) is 0 Å². The second kappa shape index (κ2) is 9.79. The normalized spacial score (nSPS) is 12.5. The van der Waals surface area contributed by atoms with Crippen LogP contribution in [-0.2, 0) is 0 Å². The molecule has 0 atom stereocenters. The molecule has 5 heteroatoms. The van der Waals surface area contributed by atoms with Gasteiger partial charge in [-0.3, -0.25) is 0 Å². The summed E-state index contributed by atoms with van der Waals surface area (Å²) in [5, 5.41) is 0.104. The SMILES string of the molecule is Cc1ccc(C(C)C)cc1C(=O)C[Se](Cl)(Cl)CC(=O)c1cc(C(C)C)ccc1C. The minimum atomic E-state index is -3.29. The van der Waals surface area contributed by atoms with Crippen LogP contribution in [0.2, 0.25) is 10.6 Å². The number of carbonyl (C=O) groups excluding carboxylic acids is 2. The first kappa shape index (κ1) is 24.2. The van der Waals surface area contributed by atoms with E-state index < -0.39 is 11.0 Å².